The lowest BCUT2D eigenvalue weighted by molar-refractivity contribution is -0.126. The molecule has 1 aromatic heterocycles. The van der Waals surface area contributed by atoms with Gasteiger partial charge in [-0.3, -0.25) is 9.69 Å². The van der Waals surface area contributed by atoms with Gasteiger partial charge in [0.15, 0.2) is 0 Å². The first kappa shape index (κ1) is 16.7. The van der Waals surface area contributed by atoms with Crippen molar-refractivity contribution in [1.29, 1.82) is 0 Å². The first-order chi connectivity index (χ1) is 9.54. The summed E-state index contributed by atoms with van der Waals surface area (Å²) < 4.78 is 5.21. The van der Waals surface area contributed by atoms with Crippen molar-refractivity contribution >= 4 is 5.91 Å². The molecular weight excluding hydrogens is 254 g/mol. The first-order valence-corrected chi connectivity index (χ1v) is 7.28. The highest BCUT2D eigenvalue weighted by Gasteiger charge is 2.21. The van der Waals surface area contributed by atoms with Gasteiger partial charge in [-0.1, -0.05) is 13.8 Å². The number of nitrogens with one attached hydrogen (secondary N) is 1. The van der Waals surface area contributed by atoms with E-state index in [-0.39, 0.29) is 11.9 Å². The predicted molar refractivity (Wildman–Crippen MR) is 80.1 cm³/mol. The van der Waals surface area contributed by atoms with Gasteiger partial charge < -0.3 is 15.5 Å². The van der Waals surface area contributed by atoms with E-state index in [1.165, 1.54) is 0 Å². The first-order valence-electron chi connectivity index (χ1n) is 7.28. The Kier molecular flexibility index (Phi) is 7.33. The predicted octanol–water partition coefficient (Wildman–Crippen LogP) is 1.59. The summed E-state index contributed by atoms with van der Waals surface area (Å²) in [7, 11) is 0. The standard InChI is InChI=1S/C15H27N3O2/c1-12(2)11-18(8-5-7-16)13(3)15(19)17-10-14-6-4-9-20-14/h4,6,9,12-13H,5,7-8,10-11,16H2,1-3H3,(H,17,19). The third-order valence-corrected chi connectivity index (χ3v) is 3.19. The Bertz CT molecular complexity index is 376. The molecule has 0 saturated heterocycles. The molecule has 0 aromatic carbocycles. The summed E-state index contributed by atoms with van der Waals surface area (Å²) in [6, 6.07) is 3.52. The molecule has 5 nitrogen and oxygen atoms in total. The molecule has 0 radical (unpaired) electrons. The third kappa shape index (κ3) is 5.75. The minimum Gasteiger partial charge on any atom is -0.467 e. The number of amides is 1. The SMILES string of the molecule is CC(C)CN(CCCN)C(C)C(=O)NCc1ccco1. The molecule has 0 aliphatic carbocycles. The molecule has 1 heterocycles. The van der Waals surface area contributed by atoms with Crippen LogP contribution in [-0.4, -0.2) is 36.5 Å². The van der Waals surface area contributed by atoms with Crippen LogP contribution in [0.4, 0.5) is 0 Å². The van der Waals surface area contributed by atoms with Crippen molar-refractivity contribution in [3.63, 3.8) is 0 Å². The van der Waals surface area contributed by atoms with E-state index in [4.69, 9.17) is 10.2 Å². The second kappa shape index (κ2) is 8.76. The molecule has 0 spiro atoms. The Labute approximate surface area is 121 Å². The largest absolute Gasteiger partial charge is 0.467 e. The second-order valence-corrected chi connectivity index (χ2v) is 5.50. The summed E-state index contributed by atoms with van der Waals surface area (Å²) in [5.74, 6) is 1.31. The van der Waals surface area contributed by atoms with Crippen molar-refractivity contribution in [2.24, 2.45) is 11.7 Å². The highest BCUT2D eigenvalue weighted by molar-refractivity contribution is 5.81. The van der Waals surface area contributed by atoms with Gasteiger partial charge in [0.1, 0.15) is 5.76 Å². The lowest BCUT2D eigenvalue weighted by Gasteiger charge is -2.29. The van der Waals surface area contributed by atoms with Crippen LogP contribution in [0.25, 0.3) is 0 Å². The van der Waals surface area contributed by atoms with Gasteiger partial charge in [-0.2, -0.15) is 0 Å². The molecule has 1 unspecified atom stereocenters. The highest BCUT2D eigenvalue weighted by atomic mass is 16.3. The molecule has 0 saturated carbocycles. The van der Waals surface area contributed by atoms with Gasteiger partial charge in [0.05, 0.1) is 18.8 Å². The molecule has 20 heavy (non-hydrogen) atoms. The summed E-state index contributed by atoms with van der Waals surface area (Å²) in [5, 5.41) is 2.91. The lowest BCUT2D eigenvalue weighted by Crippen LogP contribution is -2.47. The number of hydrogen-bond donors (Lipinski definition) is 2. The zero-order valence-corrected chi connectivity index (χ0v) is 12.8. The van der Waals surface area contributed by atoms with Gasteiger partial charge in [-0.15, -0.1) is 0 Å². The Morgan fingerprint density at radius 1 is 1.45 bits per heavy atom. The fraction of sp³-hybridized carbons (Fsp3) is 0.667. The number of nitrogens with zero attached hydrogens (tertiary/aromatic N) is 1. The minimum atomic E-state index is -0.154. The maximum absolute atomic E-state index is 12.2. The number of carbonyl (C=O) groups is 1. The minimum absolute atomic E-state index is 0.0269. The summed E-state index contributed by atoms with van der Waals surface area (Å²) in [6.07, 6.45) is 2.51. The van der Waals surface area contributed by atoms with E-state index < -0.39 is 0 Å². The van der Waals surface area contributed by atoms with Crippen molar-refractivity contribution in [2.75, 3.05) is 19.6 Å². The van der Waals surface area contributed by atoms with Crippen LogP contribution >= 0.6 is 0 Å². The summed E-state index contributed by atoms with van der Waals surface area (Å²) in [5.41, 5.74) is 5.57. The number of furan rings is 1. The van der Waals surface area contributed by atoms with Gasteiger partial charge in [0.25, 0.3) is 0 Å². The highest BCUT2D eigenvalue weighted by Crippen LogP contribution is 2.07. The van der Waals surface area contributed by atoms with Gasteiger partial charge >= 0.3 is 0 Å². The molecule has 114 valence electrons. The topological polar surface area (TPSA) is 71.5 Å². The fourth-order valence-electron chi connectivity index (χ4n) is 2.11. The van der Waals surface area contributed by atoms with Crippen molar-refractivity contribution in [1.82, 2.24) is 10.2 Å². The molecule has 1 amide bonds. The number of hydrogen-bond acceptors (Lipinski definition) is 4. The van der Waals surface area contributed by atoms with Crippen molar-refractivity contribution in [2.45, 2.75) is 39.8 Å². The molecule has 1 atom stereocenters. The van der Waals surface area contributed by atoms with E-state index in [1.54, 1.807) is 6.26 Å². The number of carbonyl (C=O) groups excluding carboxylic acids is 1. The maximum atomic E-state index is 12.2. The molecular formula is C15H27N3O2. The lowest BCUT2D eigenvalue weighted by atomic mass is 10.1. The van der Waals surface area contributed by atoms with Crippen LogP contribution < -0.4 is 11.1 Å². The van der Waals surface area contributed by atoms with Crippen molar-refractivity contribution in [3.05, 3.63) is 24.2 Å². The molecule has 1 aromatic rings. The van der Waals surface area contributed by atoms with Crippen LogP contribution in [0, 0.1) is 5.92 Å². The molecule has 3 N–H and O–H groups in total. The Balaban J connectivity index is 2.48. The number of rotatable bonds is 9. The van der Waals surface area contributed by atoms with Crippen LogP contribution in [0.5, 0.6) is 0 Å². The molecule has 0 aliphatic rings. The monoisotopic (exact) mass is 281 g/mol. The van der Waals surface area contributed by atoms with Gasteiger partial charge in [-0.25, -0.2) is 0 Å². The van der Waals surface area contributed by atoms with Gasteiger partial charge in [-0.05, 0) is 37.9 Å². The Hall–Kier alpha value is -1.33. The second-order valence-electron chi connectivity index (χ2n) is 5.50. The molecule has 1 rings (SSSR count). The summed E-state index contributed by atoms with van der Waals surface area (Å²) in [4.78, 5) is 14.4. The zero-order valence-electron chi connectivity index (χ0n) is 12.8. The Morgan fingerprint density at radius 3 is 2.75 bits per heavy atom. The van der Waals surface area contributed by atoms with Crippen molar-refractivity contribution < 1.29 is 9.21 Å². The summed E-state index contributed by atoms with van der Waals surface area (Å²) in [6.45, 7) is 9.08. The molecule has 5 heteroatoms. The number of nitrogens with two attached hydrogens (primary N) is 1. The van der Waals surface area contributed by atoms with Crippen LogP contribution in [-0.2, 0) is 11.3 Å². The van der Waals surface area contributed by atoms with Gasteiger partial charge in [0, 0.05) is 13.1 Å². The van der Waals surface area contributed by atoms with E-state index in [1.807, 2.05) is 19.1 Å². The molecule has 0 aliphatic heterocycles. The van der Waals surface area contributed by atoms with Crippen LogP contribution in [0.3, 0.4) is 0 Å². The van der Waals surface area contributed by atoms with Crippen LogP contribution in [0.1, 0.15) is 33.0 Å². The van der Waals surface area contributed by atoms with E-state index in [2.05, 4.69) is 24.1 Å². The molecule has 0 bridgehead atoms. The normalized spacial score (nSPS) is 12.9. The van der Waals surface area contributed by atoms with E-state index in [9.17, 15) is 4.79 Å². The van der Waals surface area contributed by atoms with Crippen LogP contribution in [0.2, 0.25) is 0 Å². The Morgan fingerprint density at radius 2 is 2.20 bits per heavy atom. The average molecular weight is 281 g/mol. The quantitative estimate of drug-likeness (QED) is 0.721. The van der Waals surface area contributed by atoms with Crippen molar-refractivity contribution in [3.8, 4) is 0 Å². The van der Waals surface area contributed by atoms with E-state index in [0.717, 1.165) is 25.3 Å². The zero-order chi connectivity index (χ0) is 15.0. The van der Waals surface area contributed by atoms with E-state index >= 15 is 0 Å². The summed E-state index contributed by atoms with van der Waals surface area (Å²) >= 11 is 0. The van der Waals surface area contributed by atoms with Crippen LogP contribution in [0.15, 0.2) is 22.8 Å². The maximum Gasteiger partial charge on any atom is 0.237 e. The average Bonchev–Trinajstić information content (AvgIpc) is 2.92. The smallest absolute Gasteiger partial charge is 0.237 e. The fourth-order valence-corrected chi connectivity index (χ4v) is 2.11. The third-order valence-electron chi connectivity index (χ3n) is 3.19. The molecule has 0 fully saturated rings. The van der Waals surface area contributed by atoms with Gasteiger partial charge in [0.2, 0.25) is 5.91 Å². The van der Waals surface area contributed by atoms with E-state index in [0.29, 0.717) is 19.0 Å².